The van der Waals surface area contributed by atoms with Crippen LogP contribution in [0, 0.1) is 5.82 Å². The number of nitrogens with zero attached hydrogens (tertiary/aromatic N) is 4. The number of aromatic amines is 2. The first-order chi connectivity index (χ1) is 17.8. The Morgan fingerprint density at radius 3 is 2.54 bits per heavy atom. The standard InChI is InChI=1S/C26H20FN7O2S/c1-37(35,36)31-13-15-8-17(10-19(27)9-15)20-4-7-29-25-21(20)12-23(32-25)24-22-11-18(14-30-26(22)34-33-24)16-2-5-28-6-3-16/h2-12,14,31H,13H2,1H3,(H,29,32)(H,30,33,34). The summed E-state index contributed by atoms with van der Waals surface area (Å²) in [6.45, 7) is -0.0116. The van der Waals surface area contributed by atoms with Gasteiger partial charge >= 0.3 is 0 Å². The lowest BCUT2D eigenvalue weighted by atomic mass is 10.0. The fraction of sp³-hybridized carbons (Fsp3) is 0.0769. The van der Waals surface area contributed by atoms with E-state index in [-0.39, 0.29) is 6.54 Å². The number of nitrogens with one attached hydrogen (secondary N) is 3. The number of hydrogen-bond donors (Lipinski definition) is 3. The lowest BCUT2D eigenvalue weighted by molar-refractivity contribution is 0.586. The van der Waals surface area contributed by atoms with Crippen molar-refractivity contribution >= 4 is 32.1 Å². The lowest BCUT2D eigenvalue weighted by Gasteiger charge is -2.08. The van der Waals surface area contributed by atoms with Crippen LogP contribution in [-0.4, -0.2) is 44.8 Å². The van der Waals surface area contributed by atoms with Crippen LogP contribution in [0.15, 0.2) is 73.3 Å². The highest BCUT2D eigenvalue weighted by Crippen LogP contribution is 2.34. The van der Waals surface area contributed by atoms with Gasteiger partial charge in [0.1, 0.15) is 17.2 Å². The number of hydrogen-bond acceptors (Lipinski definition) is 6. The van der Waals surface area contributed by atoms with Crippen LogP contribution in [-0.2, 0) is 16.6 Å². The van der Waals surface area contributed by atoms with Crippen LogP contribution < -0.4 is 4.72 Å². The zero-order valence-electron chi connectivity index (χ0n) is 19.5. The van der Waals surface area contributed by atoms with Crippen molar-refractivity contribution in [2.45, 2.75) is 6.54 Å². The molecule has 0 fully saturated rings. The fourth-order valence-electron chi connectivity index (χ4n) is 4.34. The summed E-state index contributed by atoms with van der Waals surface area (Å²) in [5.74, 6) is -0.462. The Bertz CT molecular complexity index is 1880. The number of fused-ring (bicyclic) bond motifs is 2. The van der Waals surface area contributed by atoms with Gasteiger partial charge in [-0.2, -0.15) is 5.10 Å². The number of sulfonamides is 1. The van der Waals surface area contributed by atoms with Crippen LogP contribution >= 0.6 is 0 Å². The summed E-state index contributed by atoms with van der Waals surface area (Å²) < 4.78 is 39.9. The van der Waals surface area contributed by atoms with Gasteiger partial charge < -0.3 is 4.98 Å². The van der Waals surface area contributed by atoms with E-state index in [2.05, 4.69) is 34.9 Å². The number of benzene rings is 1. The van der Waals surface area contributed by atoms with Gasteiger partial charge in [-0.15, -0.1) is 0 Å². The van der Waals surface area contributed by atoms with Crippen LogP contribution in [0.3, 0.4) is 0 Å². The molecule has 0 bridgehead atoms. The van der Waals surface area contributed by atoms with E-state index in [1.807, 2.05) is 24.3 Å². The summed E-state index contributed by atoms with van der Waals surface area (Å²) in [6.07, 6.45) is 7.95. The second-order valence-corrected chi connectivity index (χ2v) is 10.5. The summed E-state index contributed by atoms with van der Waals surface area (Å²) >= 11 is 0. The second kappa shape index (κ2) is 8.87. The third kappa shape index (κ3) is 4.57. The predicted octanol–water partition coefficient (Wildman–Crippen LogP) is 4.42. The predicted molar refractivity (Wildman–Crippen MR) is 139 cm³/mol. The Hall–Kier alpha value is -4.48. The average molecular weight is 514 g/mol. The Balaban J connectivity index is 1.44. The molecule has 6 rings (SSSR count). The number of rotatable bonds is 6. The highest BCUT2D eigenvalue weighted by molar-refractivity contribution is 7.88. The summed E-state index contributed by atoms with van der Waals surface area (Å²) in [5, 5.41) is 9.08. The number of pyridine rings is 3. The summed E-state index contributed by atoms with van der Waals surface area (Å²) in [7, 11) is -3.41. The van der Waals surface area contributed by atoms with Crippen molar-refractivity contribution in [3.05, 3.63) is 84.7 Å². The number of H-pyrrole nitrogens is 2. The van der Waals surface area contributed by atoms with Crippen LogP contribution in [0.25, 0.3) is 55.7 Å². The number of halogens is 1. The van der Waals surface area contributed by atoms with Crippen molar-refractivity contribution in [1.82, 2.24) is 34.9 Å². The molecule has 0 spiro atoms. The molecular formula is C26H20FN7O2S. The molecule has 37 heavy (non-hydrogen) atoms. The maximum Gasteiger partial charge on any atom is 0.209 e. The molecule has 5 heterocycles. The van der Waals surface area contributed by atoms with Crippen molar-refractivity contribution in [2.24, 2.45) is 0 Å². The molecule has 3 N–H and O–H groups in total. The molecule has 0 radical (unpaired) electrons. The SMILES string of the molecule is CS(=O)(=O)NCc1cc(F)cc(-c2ccnc3[nH]c(-c4n[nH]c5ncc(-c6ccncc6)cc45)cc23)c1. The van der Waals surface area contributed by atoms with E-state index >= 15 is 0 Å². The molecule has 5 aromatic heterocycles. The third-order valence-electron chi connectivity index (χ3n) is 6.02. The van der Waals surface area contributed by atoms with Gasteiger partial charge in [0.25, 0.3) is 0 Å². The van der Waals surface area contributed by atoms with Crippen molar-refractivity contribution < 1.29 is 12.8 Å². The van der Waals surface area contributed by atoms with Gasteiger partial charge in [0.05, 0.1) is 11.9 Å². The highest BCUT2D eigenvalue weighted by atomic mass is 32.2. The molecule has 6 aromatic rings. The number of aromatic nitrogens is 6. The Morgan fingerprint density at radius 2 is 1.73 bits per heavy atom. The first kappa shape index (κ1) is 23.0. The minimum absolute atomic E-state index is 0.0116. The molecule has 0 aliphatic rings. The van der Waals surface area contributed by atoms with E-state index in [9.17, 15) is 12.8 Å². The topological polar surface area (TPSA) is 129 Å². The quantitative estimate of drug-likeness (QED) is 0.302. The Labute approximate surface area is 210 Å². The summed E-state index contributed by atoms with van der Waals surface area (Å²) in [6, 6.07) is 14.1. The maximum absolute atomic E-state index is 14.5. The molecule has 0 amide bonds. The molecule has 0 aliphatic heterocycles. The molecular weight excluding hydrogens is 493 g/mol. The molecule has 11 heteroatoms. The van der Waals surface area contributed by atoms with Crippen molar-refractivity contribution in [1.29, 1.82) is 0 Å². The zero-order valence-corrected chi connectivity index (χ0v) is 20.3. The molecule has 0 atom stereocenters. The molecule has 0 saturated heterocycles. The summed E-state index contributed by atoms with van der Waals surface area (Å²) in [4.78, 5) is 16.4. The minimum Gasteiger partial charge on any atom is -0.338 e. The van der Waals surface area contributed by atoms with Gasteiger partial charge in [0.2, 0.25) is 10.0 Å². The van der Waals surface area contributed by atoms with Crippen molar-refractivity contribution in [2.75, 3.05) is 6.26 Å². The smallest absolute Gasteiger partial charge is 0.209 e. The first-order valence-electron chi connectivity index (χ1n) is 11.3. The zero-order chi connectivity index (χ0) is 25.6. The molecule has 0 unspecified atom stereocenters. The van der Waals surface area contributed by atoms with E-state index in [1.165, 1.54) is 12.1 Å². The highest BCUT2D eigenvalue weighted by Gasteiger charge is 2.16. The average Bonchev–Trinajstić information content (AvgIpc) is 3.51. The summed E-state index contributed by atoms with van der Waals surface area (Å²) in [5.41, 5.74) is 6.46. The minimum atomic E-state index is -3.41. The fourth-order valence-corrected chi connectivity index (χ4v) is 4.77. The van der Waals surface area contributed by atoms with E-state index in [0.29, 0.717) is 28.1 Å². The van der Waals surface area contributed by atoms with Gasteiger partial charge in [-0.1, -0.05) is 0 Å². The van der Waals surface area contributed by atoms with Gasteiger partial charge in [-0.25, -0.2) is 27.5 Å². The van der Waals surface area contributed by atoms with Crippen LogP contribution in [0.2, 0.25) is 0 Å². The molecule has 0 aliphatic carbocycles. The Kier molecular flexibility index (Phi) is 5.50. The largest absolute Gasteiger partial charge is 0.338 e. The first-order valence-corrected chi connectivity index (χ1v) is 13.2. The van der Waals surface area contributed by atoms with Gasteiger partial charge in [-0.05, 0) is 70.8 Å². The van der Waals surface area contributed by atoms with E-state index in [0.717, 1.165) is 39.4 Å². The lowest BCUT2D eigenvalue weighted by Crippen LogP contribution is -2.21. The molecule has 184 valence electrons. The second-order valence-electron chi connectivity index (χ2n) is 8.67. The Morgan fingerprint density at radius 1 is 0.892 bits per heavy atom. The van der Waals surface area contributed by atoms with E-state index in [1.54, 1.807) is 36.9 Å². The van der Waals surface area contributed by atoms with Crippen molar-refractivity contribution in [3.8, 4) is 33.6 Å². The van der Waals surface area contributed by atoms with Gasteiger partial charge in [0, 0.05) is 47.7 Å². The van der Waals surface area contributed by atoms with Crippen molar-refractivity contribution in [3.63, 3.8) is 0 Å². The molecule has 9 nitrogen and oxygen atoms in total. The van der Waals surface area contributed by atoms with Gasteiger partial charge in [-0.3, -0.25) is 10.1 Å². The van der Waals surface area contributed by atoms with Crippen LogP contribution in [0.1, 0.15) is 5.56 Å². The van der Waals surface area contributed by atoms with E-state index in [4.69, 9.17) is 0 Å². The monoisotopic (exact) mass is 513 g/mol. The molecule has 0 saturated carbocycles. The van der Waals surface area contributed by atoms with E-state index < -0.39 is 15.8 Å². The maximum atomic E-state index is 14.5. The normalized spacial score (nSPS) is 11.9. The molecule has 1 aromatic carbocycles. The third-order valence-corrected chi connectivity index (χ3v) is 6.69. The van der Waals surface area contributed by atoms with Crippen LogP contribution in [0.5, 0.6) is 0 Å². The van der Waals surface area contributed by atoms with Gasteiger partial charge in [0.15, 0.2) is 5.65 Å². The van der Waals surface area contributed by atoms with Crippen LogP contribution in [0.4, 0.5) is 4.39 Å².